The molecule has 42 heavy (non-hydrogen) atoms. The lowest BCUT2D eigenvalue weighted by atomic mass is 9.86. The maximum Gasteiger partial charge on any atom is 0.300 e. The summed E-state index contributed by atoms with van der Waals surface area (Å²) in [5.41, 5.74) is 2.24. The summed E-state index contributed by atoms with van der Waals surface area (Å²) >= 11 is 0. The Morgan fingerprint density at radius 3 is 2.29 bits per heavy atom. The SMILES string of the molecule is CC1CCCCC1Nc1nc(NCCCCCCNc2ccc([N+](=O)[O-])c3nonc23)nc(NCc2ccccc2)n1. The van der Waals surface area contributed by atoms with E-state index in [-0.39, 0.29) is 11.2 Å². The second kappa shape index (κ2) is 14.4. The van der Waals surface area contributed by atoms with Crippen LogP contribution < -0.4 is 21.3 Å². The average Bonchev–Trinajstić information content (AvgIpc) is 3.49. The third kappa shape index (κ3) is 7.80. The fourth-order valence-electron chi connectivity index (χ4n) is 5.24. The molecule has 4 N–H and O–H groups in total. The summed E-state index contributed by atoms with van der Waals surface area (Å²) in [5, 5.41) is 32.2. The number of unbranched alkanes of at least 4 members (excludes halogenated alkanes) is 3. The van der Waals surface area contributed by atoms with Crippen molar-refractivity contribution in [3.8, 4) is 0 Å². The molecular formula is C29H38N10O3. The zero-order valence-electron chi connectivity index (χ0n) is 23.9. The van der Waals surface area contributed by atoms with E-state index in [4.69, 9.17) is 4.63 Å². The van der Waals surface area contributed by atoms with Gasteiger partial charge in [0.25, 0.3) is 0 Å². The summed E-state index contributed by atoms with van der Waals surface area (Å²) in [5.74, 6) is 2.31. The monoisotopic (exact) mass is 574 g/mol. The van der Waals surface area contributed by atoms with Crippen molar-refractivity contribution in [3.05, 3.63) is 58.1 Å². The number of aromatic nitrogens is 5. The van der Waals surface area contributed by atoms with Crippen LogP contribution in [0.4, 0.5) is 29.2 Å². The van der Waals surface area contributed by atoms with E-state index in [9.17, 15) is 10.1 Å². The maximum absolute atomic E-state index is 11.2. The first-order valence-corrected chi connectivity index (χ1v) is 14.7. The number of hydrogen-bond acceptors (Lipinski definition) is 12. The van der Waals surface area contributed by atoms with E-state index in [0.29, 0.717) is 54.1 Å². The van der Waals surface area contributed by atoms with Crippen LogP contribution in [0.1, 0.15) is 63.9 Å². The highest BCUT2D eigenvalue weighted by Crippen LogP contribution is 2.29. The van der Waals surface area contributed by atoms with E-state index in [0.717, 1.165) is 44.2 Å². The van der Waals surface area contributed by atoms with Gasteiger partial charge in [-0.25, -0.2) is 4.63 Å². The van der Waals surface area contributed by atoms with Gasteiger partial charge in [-0.15, -0.1) is 0 Å². The molecule has 222 valence electrons. The smallest absolute Gasteiger partial charge is 0.300 e. The molecule has 0 bridgehead atoms. The lowest BCUT2D eigenvalue weighted by Gasteiger charge is -2.29. The number of nitrogens with zero attached hydrogens (tertiary/aromatic N) is 6. The van der Waals surface area contributed by atoms with Gasteiger partial charge in [0.1, 0.15) is 0 Å². The van der Waals surface area contributed by atoms with Gasteiger partial charge in [-0.1, -0.05) is 62.9 Å². The molecule has 2 aromatic carbocycles. The van der Waals surface area contributed by atoms with E-state index < -0.39 is 4.92 Å². The Morgan fingerprint density at radius 1 is 0.833 bits per heavy atom. The molecule has 13 nitrogen and oxygen atoms in total. The first kappa shape index (κ1) is 29.0. The van der Waals surface area contributed by atoms with Crippen molar-refractivity contribution in [2.24, 2.45) is 5.92 Å². The number of hydrogen-bond donors (Lipinski definition) is 4. The van der Waals surface area contributed by atoms with Crippen molar-refractivity contribution in [1.82, 2.24) is 25.3 Å². The number of non-ortho nitro benzene ring substituents is 1. The summed E-state index contributed by atoms with van der Waals surface area (Å²) < 4.78 is 4.72. The first-order chi connectivity index (χ1) is 20.6. The Kier molecular flexibility index (Phi) is 9.91. The van der Waals surface area contributed by atoms with Crippen molar-refractivity contribution in [1.29, 1.82) is 0 Å². The van der Waals surface area contributed by atoms with Crippen molar-refractivity contribution in [2.75, 3.05) is 34.4 Å². The molecule has 2 unspecified atom stereocenters. The molecule has 1 saturated carbocycles. The number of nitro benzene ring substituents is 1. The molecule has 0 saturated heterocycles. The molecule has 2 aromatic heterocycles. The van der Waals surface area contributed by atoms with Crippen LogP contribution in [0.5, 0.6) is 0 Å². The number of nitro groups is 1. The van der Waals surface area contributed by atoms with Gasteiger partial charge < -0.3 is 21.3 Å². The lowest BCUT2D eigenvalue weighted by Crippen LogP contribution is -2.31. The van der Waals surface area contributed by atoms with Crippen LogP contribution in [0.25, 0.3) is 11.0 Å². The molecule has 13 heteroatoms. The van der Waals surface area contributed by atoms with Crippen molar-refractivity contribution >= 4 is 40.3 Å². The van der Waals surface area contributed by atoms with Crippen LogP contribution in [-0.4, -0.2) is 49.3 Å². The number of benzene rings is 2. The minimum atomic E-state index is -0.488. The van der Waals surface area contributed by atoms with E-state index in [1.807, 2.05) is 18.2 Å². The number of fused-ring (bicyclic) bond motifs is 1. The van der Waals surface area contributed by atoms with E-state index >= 15 is 0 Å². The molecule has 0 radical (unpaired) electrons. The minimum absolute atomic E-state index is 0.118. The van der Waals surface area contributed by atoms with Crippen LogP contribution in [0.15, 0.2) is 47.1 Å². The predicted molar refractivity (Wildman–Crippen MR) is 163 cm³/mol. The fourth-order valence-corrected chi connectivity index (χ4v) is 5.24. The standard InChI is InChI=1S/C29H38N10O3/c1-20-11-7-8-14-22(20)33-29-35-27(34-28(36-29)32-19-21-12-5-4-6-13-21)31-18-10-3-2-9-17-30-23-15-16-24(39(40)41)26-25(23)37-42-38-26/h4-6,12-13,15-16,20,22,30H,2-3,7-11,14,17-19H2,1H3,(H3,31,32,33,34,35,36). The lowest BCUT2D eigenvalue weighted by molar-refractivity contribution is -0.383. The highest BCUT2D eigenvalue weighted by molar-refractivity contribution is 5.93. The Labute approximate surface area is 244 Å². The highest BCUT2D eigenvalue weighted by Gasteiger charge is 2.22. The molecule has 1 aliphatic rings. The summed E-state index contributed by atoms with van der Waals surface area (Å²) in [6.07, 6.45) is 8.82. The molecule has 5 rings (SSSR count). The van der Waals surface area contributed by atoms with Crippen molar-refractivity contribution in [3.63, 3.8) is 0 Å². The molecule has 0 aliphatic heterocycles. The molecule has 2 heterocycles. The van der Waals surface area contributed by atoms with Crippen LogP contribution >= 0.6 is 0 Å². The van der Waals surface area contributed by atoms with Crippen LogP contribution in [-0.2, 0) is 6.54 Å². The first-order valence-electron chi connectivity index (χ1n) is 14.7. The van der Waals surface area contributed by atoms with Gasteiger partial charge in [0.2, 0.25) is 23.4 Å². The van der Waals surface area contributed by atoms with Gasteiger partial charge in [-0.05, 0) is 53.5 Å². The Balaban J connectivity index is 1.08. The van der Waals surface area contributed by atoms with Gasteiger partial charge in [0, 0.05) is 31.7 Å². The zero-order chi connectivity index (χ0) is 29.1. The third-order valence-electron chi connectivity index (χ3n) is 7.65. The quantitative estimate of drug-likeness (QED) is 0.0743. The van der Waals surface area contributed by atoms with Crippen LogP contribution in [0, 0.1) is 16.0 Å². The van der Waals surface area contributed by atoms with Crippen molar-refractivity contribution in [2.45, 2.75) is 70.9 Å². The van der Waals surface area contributed by atoms with Gasteiger partial charge in [0.15, 0.2) is 5.52 Å². The summed E-state index contributed by atoms with van der Waals surface area (Å²) in [4.78, 5) is 24.6. The molecule has 1 fully saturated rings. The third-order valence-corrected chi connectivity index (χ3v) is 7.65. The molecule has 4 aromatic rings. The average molecular weight is 575 g/mol. The number of rotatable bonds is 15. The van der Waals surface area contributed by atoms with Gasteiger partial charge in [-0.2, -0.15) is 15.0 Å². The Bertz CT molecular complexity index is 1450. The van der Waals surface area contributed by atoms with Gasteiger partial charge in [0.05, 0.1) is 10.6 Å². The molecule has 0 spiro atoms. The van der Waals surface area contributed by atoms with E-state index in [1.165, 1.54) is 25.3 Å². The van der Waals surface area contributed by atoms with Crippen LogP contribution in [0.2, 0.25) is 0 Å². The van der Waals surface area contributed by atoms with E-state index in [2.05, 4.69) is 65.6 Å². The summed E-state index contributed by atoms with van der Waals surface area (Å²) in [7, 11) is 0. The summed E-state index contributed by atoms with van der Waals surface area (Å²) in [6, 6.07) is 13.6. The zero-order valence-corrected chi connectivity index (χ0v) is 23.9. The van der Waals surface area contributed by atoms with Gasteiger partial charge >= 0.3 is 5.69 Å². The summed E-state index contributed by atoms with van der Waals surface area (Å²) in [6.45, 7) is 4.39. The Morgan fingerprint density at radius 2 is 1.52 bits per heavy atom. The number of anilines is 4. The normalized spacial score (nSPS) is 16.7. The Hall–Kier alpha value is -4.55. The van der Waals surface area contributed by atoms with Gasteiger partial charge in [-0.3, -0.25) is 10.1 Å². The second-order valence-electron chi connectivity index (χ2n) is 10.8. The molecule has 1 aliphatic carbocycles. The van der Waals surface area contributed by atoms with Crippen LogP contribution in [0.3, 0.4) is 0 Å². The fraction of sp³-hybridized carbons (Fsp3) is 0.483. The predicted octanol–water partition coefficient (Wildman–Crippen LogP) is 6.00. The minimum Gasteiger partial charge on any atom is -0.383 e. The molecular weight excluding hydrogens is 536 g/mol. The molecule has 2 atom stereocenters. The largest absolute Gasteiger partial charge is 0.383 e. The van der Waals surface area contributed by atoms with Crippen molar-refractivity contribution < 1.29 is 9.55 Å². The highest BCUT2D eigenvalue weighted by atomic mass is 16.6. The second-order valence-corrected chi connectivity index (χ2v) is 10.8. The maximum atomic E-state index is 11.2. The topological polar surface area (TPSA) is 169 Å². The molecule has 0 amide bonds. The number of nitrogens with one attached hydrogen (secondary N) is 4. The van der Waals surface area contributed by atoms with E-state index in [1.54, 1.807) is 6.07 Å².